The third-order valence-corrected chi connectivity index (χ3v) is 4.58. The van der Waals surface area contributed by atoms with Gasteiger partial charge in [-0.15, -0.1) is 6.42 Å². The number of hydrogen-bond acceptors (Lipinski definition) is 2. The highest BCUT2D eigenvalue weighted by Gasteiger charge is 2.30. The fraction of sp³-hybridized carbons (Fsp3) is 0.286. The van der Waals surface area contributed by atoms with Crippen LogP contribution >= 0.6 is 0 Å². The average Bonchev–Trinajstić information content (AvgIpc) is 3.08. The van der Waals surface area contributed by atoms with Crippen LogP contribution in [-0.2, 0) is 12.7 Å². The first kappa shape index (κ1) is 19.8. The Morgan fingerprint density at radius 2 is 1.96 bits per heavy atom. The summed E-state index contributed by atoms with van der Waals surface area (Å²) in [6.07, 6.45) is 1.80. The van der Waals surface area contributed by atoms with E-state index in [1.807, 2.05) is 0 Å². The SMILES string of the molecule is C#Cc1cccc(NC(=O)NC2CCN(Cc3ccc(C(F)(F)F)cc3)C2)c1. The number of carbonyl (C=O) groups is 1. The van der Waals surface area contributed by atoms with E-state index in [9.17, 15) is 18.0 Å². The maximum atomic E-state index is 12.6. The Morgan fingerprint density at radius 1 is 1.21 bits per heavy atom. The number of nitrogens with one attached hydrogen (secondary N) is 2. The van der Waals surface area contributed by atoms with Gasteiger partial charge in [0.05, 0.1) is 5.56 Å². The zero-order valence-corrected chi connectivity index (χ0v) is 15.1. The Morgan fingerprint density at radius 3 is 2.64 bits per heavy atom. The van der Waals surface area contributed by atoms with E-state index in [0.717, 1.165) is 30.7 Å². The van der Waals surface area contributed by atoms with Crippen molar-refractivity contribution < 1.29 is 18.0 Å². The second-order valence-corrected chi connectivity index (χ2v) is 6.74. The quantitative estimate of drug-likeness (QED) is 0.777. The fourth-order valence-corrected chi connectivity index (χ4v) is 3.19. The summed E-state index contributed by atoms with van der Waals surface area (Å²) in [5.41, 5.74) is 1.46. The van der Waals surface area contributed by atoms with Gasteiger partial charge in [0, 0.05) is 36.9 Å². The first-order valence-corrected chi connectivity index (χ1v) is 8.86. The molecule has 4 nitrogen and oxygen atoms in total. The van der Waals surface area contributed by atoms with Crippen LogP contribution in [0.4, 0.5) is 23.7 Å². The molecule has 0 aliphatic carbocycles. The Labute approximate surface area is 161 Å². The molecule has 1 aliphatic heterocycles. The van der Waals surface area contributed by atoms with Crippen LogP contribution in [0.3, 0.4) is 0 Å². The summed E-state index contributed by atoms with van der Waals surface area (Å²) in [6.45, 7) is 1.94. The van der Waals surface area contributed by atoms with Crippen LogP contribution in [0.1, 0.15) is 23.1 Å². The molecule has 1 fully saturated rings. The third-order valence-electron chi connectivity index (χ3n) is 4.58. The lowest BCUT2D eigenvalue weighted by molar-refractivity contribution is -0.137. The number of carbonyl (C=O) groups excluding carboxylic acids is 1. The van der Waals surface area contributed by atoms with Gasteiger partial charge in [-0.05, 0) is 42.3 Å². The average molecular weight is 387 g/mol. The number of anilines is 1. The van der Waals surface area contributed by atoms with E-state index < -0.39 is 11.7 Å². The summed E-state index contributed by atoms with van der Waals surface area (Å²) in [5.74, 6) is 2.51. The Balaban J connectivity index is 1.48. The Bertz CT molecular complexity index is 872. The van der Waals surface area contributed by atoms with E-state index in [4.69, 9.17) is 6.42 Å². The first-order valence-electron chi connectivity index (χ1n) is 8.86. The minimum Gasteiger partial charge on any atom is -0.334 e. The number of amides is 2. The summed E-state index contributed by atoms with van der Waals surface area (Å²) in [5, 5.41) is 5.68. The van der Waals surface area contributed by atoms with Crippen molar-refractivity contribution in [1.82, 2.24) is 10.2 Å². The van der Waals surface area contributed by atoms with Gasteiger partial charge in [0.2, 0.25) is 0 Å². The van der Waals surface area contributed by atoms with E-state index in [1.54, 1.807) is 24.3 Å². The van der Waals surface area contributed by atoms with Crippen LogP contribution in [0.25, 0.3) is 0 Å². The van der Waals surface area contributed by atoms with Crippen molar-refractivity contribution in [3.63, 3.8) is 0 Å². The lowest BCUT2D eigenvalue weighted by Gasteiger charge is -2.17. The van der Waals surface area contributed by atoms with Crippen molar-refractivity contribution in [3.05, 3.63) is 65.2 Å². The van der Waals surface area contributed by atoms with Crippen molar-refractivity contribution in [2.75, 3.05) is 18.4 Å². The molecule has 2 N–H and O–H groups in total. The van der Waals surface area contributed by atoms with Crippen LogP contribution in [0.2, 0.25) is 0 Å². The molecule has 2 aromatic rings. The lowest BCUT2D eigenvalue weighted by atomic mass is 10.1. The van der Waals surface area contributed by atoms with Gasteiger partial charge < -0.3 is 10.6 Å². The number of urea groups is 1. The number of terminal acetylenes is 1. The molecule has 0 bridgehead atoms. The smallest absolute Gasteiger partial charge is 0.334 e. The van der Waals surface area contributed by atoms with Crippen LogP contribution in [-0.4, -0.2) is 30.1 Å². The number of benzene rings is 2. The van der Waals surface area contributed by atoms with Gasteiger partial charge in [-0.25, -0.2) is 4.79 Å². The molecule has 1 heterocycles. The summed E-state index contributed by atoms with van der Waals surface area (Å²) in [6, 6.07) is 11.9. The number of hydrogen-bond donors (Lipinski definition) is 2. The number of nitrogens with zero attached hydrogens (tertiary/aromatic N) is 1. The second kappa shape index (κ2) is 8.36. The number of likely N-dealkylation sites (tertiary alicyclic amines) is 1. The molecule has 0 radical (unpaired) electrons. The predicted octanol–water partition coefficient (Wildman–Crippen LogP) is 4.08. The summed E-state index contributed by atoms with van der Waals surface area (Å²) in [7, 11) is 0. The van der Waals surface area contributed by atoms with Gasteiger partial charge in [-0.1, -0.05) is 24.1 Å². The van der Waals surface area contributed by atoms with Crippen LogP contribution in [0.5, 0.6) is 0 Å². The molecule has 1 atom stereocenters. The van der Waals surface area contributed by atoms with Crippen molar-refractivity contribution in [1.29, 1.82) is 0 Å². The molecule has 1 saturated heterocycles. The molecule has 0 spiro atoms. The maximum Gasteiger partial charge on any atom is 0.416 e. The Hall–Kier alpha value is -2.98. The molecular weight excluding hydrogens is 367 g/mol. The van der Waals surface area contributed by atoms with Gasteiger partial charge in [-0.2, -0.15) is 13.2 Å². The maximum absolute atomic E-state index is 12.6. The fourth-order valence-electron chi connectivity index (χ4n) is 3.19. The minimum atomic E-state index is -4.33. The van der Waals surface area contributed by atoms with E-state index in [1.165, 1.54) is 12.1 Å². The normalized spacial score (nSPS) is 17.1. The van der Waals surface area contributed by atoms with Gasteiger partial charge in [0.1, 0.15) is 0 Å². The molecule has 146 valence electrons. The third kappa shape index (κ3) is 5.27. The molecule has 0 saturated carbocycles. The monoisotopic (exact) mass is 387 g/mol. The van der Waals surface area contributed by atoms with Crippen LogP contribution < -0.4 is 10.6 Å². The number of rotatable bonds is 4. The van der Waals surface area contributed by atoms with Gasteiger partial charge in [-0.3, -0.25) is 4.90 Å². The summed E-state index contributed by atoms with van der Waals surface area (Å²) < 4.78 is 37.9. The van der Waals surface area contributed by atoms with E-state index in [-0.39, 0.29) is 12.1 Å². The first-order chi connectivity index (χ1) is 13.3. The molecule has 2 aromatic carbocycles. The molecule has 1 unspecified atom stereocenters. The predicted molar refractivity (Wildman–Crippen MR) is 102 cm³/mol. The van der Waals surface area contributed by atoms with Crippen molar-refractivity contribution in [2.24, 2.45) is 0 Å². The van der Waals surface area contributed by atoms with Gasteiger partial charge >= 0.3 is 12.2 Å². The topological polar surface area (TPSA) is 44.4 Å². The zero-order chi connectivity index (χ0) is 20.1. The highest BCUT2D eigenvalue weighted by atomic mass is 19.4. The number of halogens is 3. The highest BCUT2D eigenvalue weighted by Crippen LogP contribution is 2.29. The molecule has 0 aromatic heterocycles. The molecule has 2 amide bonds. The Kier molecular flexibility index (Phi) is 5.90. The van der Waals surface area contributed by atoms with Crippen molar-refractivity contribution in [3.8, 4) is 12.3 Å². The van der Waals surface area contributed by atoms with E-state index >= 15 is 0 Å². The van der Waals surface area contributed by atoms with Gasteiger partial charge in [0.25, 0.3) is 0 Å². The summed E-state index contributed by atoms with van der Waals surface area (Å²) >= 11 is 0. The second-order valence-electron chi connectivity index (χ2n) is 6.74. The minimum absolute atomic E-state index is 0.0229. The van der Waals surface area contributed by atoms with Crippen molar-refractivity contribution in [2.45, 2.75) is 25.2 Å². The summed E-state index contributed by atoms with van der Waals surface area (Å²) in [4.78, 5) is 14.3. The van der Waals surface area contributed by atoms with Crippen molar-refractivity contribution >= 4 is 11.7 Å². The lowest BCUT2D eigenvalue weighted by Crippen LogP contribution is -2.39. The van der Waals surface area contributed by atoms with Gasteiger partial charge in [0.15, 0.2) is 0 Å². The van der Waals surface area contributed by atoms with Crippen LogP contribution in [0.15, 0.2) is 48.5 Å². The zero-order valence-electron chi connectivity index (χ0n) is 15.1. The molecule has 3 rings (SSSR count). The van der Waals surface area contributed by atoms with E-state index in [2.05, 4.69) is 21.5 Å². The molecule has 28 heavy (non-hydrogen) atoms. The van der Waals surface area contributed by atoms with E-state index in [0.29, 0.717) is 24.3 Å². The molecular formula is C21H20F3N3O. The highest BCUT2D eigenvalue weighted by molar-refractivity contribution is 5.89. The largest absolute Gasteiger partial charge is 0.416 e. The molecule has 7 heteroatoms. The van der Waals surface area contributed by atoms with Crippen LogP contribution in [0, 0.1) is 12.3 Å². The molecule has 1 aliphatic rings. The standard InChI is InChI=1S/C21H20F3N3O/c1-2-15-4-3-5-18(12-15)25-20(28)26-19-10-11-27(14-19)13-16-6-8-17(9-7-16)21(22,23)24/h1,3-9,12,19H,10-11,13-14H2,(H2,25,26,28). The number of alkyl halides is 3.